The molecule has 0 amide bonds. The average molecular weight is 1350 g/mol. The van der Waals surface area contributed by atoms with E-state index < -0.39 is 11.2 Å². The van der Waals surface area contributed by atoms with Gasteiger partial charge in [0.25, 0.3) is 0 Å². The van der Waals surface area contributed by atoms with Crippen LogP contribution >= 0.6 is 47.8 Å². The zero-order valence-electron chi connectivity index (χ0n) is 48.2. The van der Waals surface area contributed by atoms with Crippen LogP contribution in [0.3, 0.4) is 0 Å². The van der Waals surface area contributed by atoms with Gasteiger partial charge in [0.1, 0.15) is 11.2 Å². The molecule has 2 N–H and O–H groups in total. The van der Waals surface area contributed by atoms with Crippen molar-refractivity contribution in [3.63, 3.8) is 0 Å². The van der Waals surface area contributed by atoms with Crippen LogP contribution in [0.5, 0.6) is 0 Å². The summed E-state index contributed by atoms with van der Waals surface area (Å²) in [5.74, 6) is -1.37. The van der Waals surface area contributed by atoms with E-state index in [4.69, 9.17) is 0 Å². The normalized spacial score (nSPS) is 21.5. The first-order valence-corrected chi connectivity index (χ1v) is 32.6. The predicted octanol–water partition coefficient (Wildman–Crippen LogP) is 21.4. The van der Waals surface area contributed by atoms with Crippen LogP contribution in [0.15, 0.2) is 310 Å². The lowest BCUT2D eigenvalue weighted by atomic mass is 9.52. The number of ketones is 2. The lowest BCUT2D eigenvalue weighted by molar-refractivity contribution is -0.0772. The van der Waals surface area contributed by atoms with Gasteiger partial charge in [-0.25, -0.2) is 0 Å². The first-order valence-electron chi connectivity index (χ1n) is 30.2. The Morgan fingerprint density at radius 2 is 0.730 bits per heavy atom. The van der Waals surface area contributed by atoms with E-state index >= 15 is 0 Å². The predicted molar refractivity (Wildman–Crippen MR) is 377 cm³/mol. The molecule has 0 heterocycles. The van der Waals surface area contributed by atoms with E-state index in [2.05, 4.69) is 248 Å². The summed E-state index contributed by atoms with van der Waals surface area (Å²) in [7, 11) is 0. The highest BCUT2D eigenvalue weighted by Crippen LogP contribution is 2.62. The molecule has 0 radical (unpaired) electrons. The molecule has 4 nitrogen and oxygen atoms in total. The molecule has 0 aromatic heterocycles. The molecule has 5 aliphatic rings. The molecule has 0 bridgehead atoms. The summed E-state index contributed by atoms with van der Waals surface area (Å²) < 4.78 is 2.86. The van der Waals surface area contributed by atoms with Crippen molar-refractivity contribution in [3.8, 4) is 22.3 Å². The second-order valence-corrected chi connectivity index (χ2v) is 26.4. The van der Waals surface area contributed by atoms with E-state index in [9.17, 15) is 19.8 Å². The summed E-state index contributed by atoms with van der Waals surface area (Å²) in [5.41, 5.74) is 7.03. The number of rotatable bonds is 4. The van der Waals surface area contributed by atoms with Crippen LogP contribution in [0.2, 0.25) is 0 Å². The second-order valence-electron chi connectivity index (χ2n) is 23.6. The number of benzene rings is 12. The standard InChI is InChI=1S/C34H27BrO2.C34H21Br.C14H9BrO2/c35-24-19-20-31-32(21-24)34(37,28-18-8-12-23-10-2-4-14-26(23)28)30-16-6-5-15-29(30)33(31,36)27-17-7-11-22-9-1-3-13-25(22)27;35-24-19-20-31-32(21-24)34(28-18-8-12-23-10-2-4-14-26(23)28)30-16-6-5-15-29(30)33(31)27-17-7-11-22-9-1-3-13-25(22)27;15-8-5-6-11-12(7-8)14(17)10-4-2-1-3-9(10)13(11)16/h1-4,7-21,31-32,36-37H,5-6H2;1-21H;1-7,11-12H. The van der Waals surface area contributed by atoms with Gasteiger partial charge in [-0.2, -0.15) is 0 Å². The fraction of sp³-hybridized carbons (Fsp3) is 0.0976. The monoisotopic (exact) mass is 1340 g/mol. The van der Waals surface area contributed by atoms with Crippen LogP contribution < -0.4 is 0 Å². The van der Waals surface area contributed by atoms with E-state index in [-0.39, 0.29) is 35.2 Å². The van der Waals surface area contributed by atoms with Gasteiger partial charge in [-0.15, -0.1) is 0 Å². The Balaban J connectivity index is 0.000000119. The number of carbonyl (C=O) groups is 2. The number of Topliss-reactive ketones (excluding diaryl/α,β-unsaturated/α-hetero) is 2. The first kappa shape index (κ1) is 56.8. The summed E-state index contributed by atoms with van der Waals surface area (Å²) in [6, 6.07) is 82.1. The van der Waals surface area contributed by atoms with Gasteiger partial charge in [0.15, 0.2) is 11.6 Å². The fourth-order valence-electron chi connectivity index (χ4n) is 15.0. The lowest BCUT2D eigenvalue weighted by Gasteiger charge is -2.55. The Morgan fingerprint density at radius 3 is 1.27 bits per heavy atom. The number of halogens is 3. The Kier molecular flexibility index (Phi) is 14.7. The Bertz CT molecular complexity index is 5120. The average Bonchev–Trinajstić information content (AvgIpc) is 0.865. The van der Waals surface area contributed by atoms with Gasteiger partial charge in [0, 0.05) is 36.4 Å². The highest BCUT2D eigenvalue weighted by atomic mass is 79.9. The Hall–Kier alpha value is -8.66. The molecule has 6 unspecified atom stereocenters. The van der Waals surface area contributed by atoms with Crippen molar-refractivity contribution in [3.05, 3.63) is 332 Å². The summed E-state index contributed by atoms with van der Waals surface area (Å²) in [4.78, 5) is 24.5. The van der Waals surface area contributed by atoms with Crippen LogP contribution in [-0.2, 0) is 11.2 Å². The number of hydrogen-bond donors (Lipinski definition) is 2. The van der Waals surface area contributed by atoms with Crippen LogP contribution in [0.4, 0.5) is 0 Å². The maximum atomic E-state index is 13.0. The van der Waals surface area contributed by atoms with Crippen molar-refractivity contribution in [2.45, 2.75) is 24.0 Å². The molecule has 1 fully saturated rings. The van der Waals surface area contributed by atoms with Crippen LogP contribution in [0, 0.1) is 23.7 Å². The number of hydrogen-bond acceptors (Lipinski definition) is 4. The second kappa shape index (κ2) is 23.1. The van der Waals surface area contributed by atoms with Crippen molar-refractivity contribution in [1.29, 1.82) is 0 Å². The van der Waals surface area contributed by atoms with E-state index in [1.54, 1.807) is 24.3 Å². The number of fused-ring (bicyclic) bond motifs is 10. The Labute approximate surface area is 541 Å². The molecule has 12 aromatic carbocycles. The fourth-order valence-corrected chi connectivity index (χ4v) is 16.2. The maximum Gasteiger partial charge on any atom is 0.171 e. The highest BCUT2D eigenvalue weighted by Gasteiger charge is 2.61. The van der Waals surface area contributed by atoms with Gasteiger partial charge in [-0.3, -0.25) is 9.59 Å². The largest absolute Gasteiger partial charge is 0.380 e. The smallest absolute Gasteiger partial charge is 0.171 e. The molecule has 1 saturated carbocycles. The van der Waals surface area contributed by atoms with Crippen molar-refractivity contribution in [2.75, 3.05) is 0 Å². The van der Waals surface area contributed by atoms with Gasteiger partial charge in [0.05, 0.1) is 11.8 Å². The van der Waals surface area contributed by atoms with E-state index in [0.29, 0.717) is 11.1 Å². The summed E-state index contributed by atoms with van der Waals surface area (Å²) in [6.45, 7) is 0. The lowest BCUT2D eigenvalue weighted by Crippen LogP contribution is -2.56. The minimum Gasteiger partial charge on any atom is -0.380 e. The third-order valence-electron chi connectivity index (χ3n) is 18.9. The molecule has 17 rings (SSSR count). The number of carbonyl (C=O) groups excluding carboxylic acids is 2. The van der Waals surface area contributed by atoms with Gasteiger partial charge in [-0.05, 0) is 134 Å². The van der Waals surface area contributed by atoms with E-state index in [1.807, 2.05) is 60.7 Å². The molecular formula is C82H57Br3O4. The van der Waals surface area contributed by atoms with E-state index in [1.165, 1.54) is 65.3 Å². The van der Waals surface area contributed by atoms with Gasteiger partial charge < -0.3 is 10.2 Å². The summed E-state index contributed by atoms with van der Waals surface area (Å²) >= 11 is 10.8. The SMILES string of the molecule is Brc1ccc2c(-c3cccc4ccccc34)c3ccccc3c(-c3cccc4ccccc34)c2c1.O=C1c2ccccc2C(=O)C2C=C(Br)C=CC12.OC1(c2cccc3ccccc23)C2=CCCC=C2C(O)(c2cccc3ccccc23)C2C=C(Br)C=CC21. The minimum atomic E-state index is -1.31. The molecule has 6 atom stereocenters. The Morgan fingerprint density at radius 1 is 0.348 bits per heavy atom. The van der Waals surface area contributed by atoms with Crippen molar-refractivity contribution in [1.82, 2.24) is 0 Å². The van der Waals surface area contributed by atoms with Crippen molar-refractivity contribution >= 4 is 124 Å². The minimum absolute atomic E-state index is 0.0338. The third kappa shape index (κ3) is 9.51. The van der Waals surface area contributed by atoms with Crippen molar-refractivity contribution in [2.24, 2.45) is 23.7 Å². The molecule has 89 heavy (non-hydrogen) atoms. The highest BCUT2D eigenvalue weighted by molar-refractivity contribution is 9.12. The molecule has 7 heteroatoms. The van der Waals surface area contributed by atoms with E-state index in [0.717, 1.165) is 70.1 Å². The van der Waals surface area contributed by atoms with Crippen LogP contribution in [0.25, 0.3) is 86.9 Å². The molecule has 0 aliphatic heterocycles. The third-order valence-corrected chi connectivity index (χ3v) is 20.4. The van der Waals surface area contributed by atoms with Crippen molar-refractivity contribution < 1.29 is 19.8 Å². The van der Waals surface area contributed by atoms with Crippen LogP contribution in [-0.4, -0.2) is 21.8 Å². The number of allylic oxidation sites excluding steroid dienone is 8. The topological polar surface area (TPSA) is 74.6 Å². The molecule has 0 spiro atoms. The number of aliphatic hydroxyl groups is 2. The molecule has 12 aromatic rings. The van der Waals surface area contributed by atoms with Gasteiger partial charge in [-0.1, -0.05) is 321 Å². The van der Waals surface area contributed by atoms with Crippen LogP contribution in [0.1, 0.15) is 44.7 Å². The molecule has 0 saturated heterocycles. The molecule has 5 aliphatic carbocycles. The van der Waals surface area contributed by atoms with Gasteiger partial charge in [0.2, 0.25) is 0 Å². The molecule has 430 valence electrons. The van der Waals surface area contributed by atoms with Gasteiger partial charge >= 0.3 is 0 Å². The maximum absolute atomic E-state index is 13.0. The first-order chi connectivity index (χ1) is 43.5. The zero-order chi connectivity index (χ0) is 60.5. The zero-order valence-corrected chi connectivity index (χ0v) is 53.0. The summed E-state index contributed by atoms with van der Waals surface area (Å²) in [6.07, 6.45) is 17.6. The molecular weight excluding hydrogens is 1290 g/mol. The summed E-state index contributed by atoms with van der Waals surface area (Å²) in [5, 5.41) is 40.4. The quantitative estimate of drug-likeness (QED) is 0.172.